The number of ether oxygens (including phenoxy) is 1. The molecular weight excluding hydrogens is 288 g/mol. The highest BCUT2D eigenvalue weighted by Crippen LogP contribution is 2.27. The lowest BCUT2D eigenvalue weighted by Crippen LogP contribution is -1.94. The van der Waals surface area contributed by atoms with Gasteiger partial charge in [-0.3, -0.25) is 0 Å². The maximum atomic E-state index is 8.83. The van der Waals surface area contributed by atoms with Crippen molar-refractivity contribution in [1.82, 2.24) is 5.16 Å². The van der Waals surface area contributed by atoms with Crippen LogP contribution in [0.2, 0.25) is 0 Å². The van der Waals surface area contributed by atoms with Crippen molar-refractivity contribution in [3.63, 3.8) is 0 Å². The highest BCUT2D eigenvalue weighted by atomic mass is 16.5. The van der Waals surface area contributed by atoms with Crippen LogP contribution < -0.4 is 4.74 Å². The van der Waals surface area contributed by atoms with Crippen LogP contribution in [0.25, 0.3) is 22.6 Å². The third-order valence-corrected chi connectivity index (χ3v) is 3.43. The third-order valence-electron chi connectivity index (χ3n) is 3.43. The van der Waals surface area contributed by atoms with E-state index in [1.165, 1.54) is 0 Å². The molecule has 2 aromatic carbocycles. The summed E-state index contributed by atoms with van der Waals surface area (Å²) in [5.74, 6) is 1.53. The summed E-state index contributed by atoms with van der Waals surface area (Å²) in [4.78, 5) is 0. The third kappa shape index (κ3) is 3.41. The molecule has 3 aromatic rings. The Morgan fingerprint density at radius 1 is 1.04 bits per heavy atom. The van der Waals surface area contributed by atoms with Crippen molar-refractivity contribution in [3.8, 4) is 34.4 Å². The lowest BCUT2D eigenvalue weighted by atomic mass is 10.1. The number of benzene rings is 2. The Morgan fingerprint density at radius 2 is 1.74 bits per heavy atom. The topological polar surface area (TPSA) is 59.0 Å². The van der Waals surface area contributed by atoms with Gasteiger partial charge in [-0.05, 0) is 55.0 Å². The molecule has 0 fully saturated rings. The van der Waals surface area contributed by atoms with E-state index in [4.69, 9.17) is 14.5 Å². The largest absolute Gasteiger partial charge is 0.494 e. The average Bonchev–Trinajstić information content (AvgIpc) is 3.10. The Bertz CT molecular complexity index is 812. The Labute approximate surface area is 134 Å². The van der Waals surface area contributed by atoms with E-state index >= 15 is 0 Å². The van der Waals surface area contributed by atoms with Gasteiger partial charge in [0.05, 0.1) is 18.2 Å². The van der Waals surface area contributed by atoms with Crippen LogP contribution in [0, 0.1) is 11.3 Å². The van der Waals surface area contributed by atoms with Gasteiger partial charge < -0.3 is 9.26 Å². The summed E-state index contributed by atoms with van der Waals surface area (Å²) in [5, 5.41) is 12.9. The van der Waals surface area contributed by atoms with E-state index in [0.717, 1.165) is 29.0 Å². The molecule has 1 aromatic heterocycles. The summed E-state index contributed by atoms with van der Waals surface area (Å²) in [6, 6.07) is 19.0. The molecule has 4 heteroatoms. The normalized spacial score (nSPS) is 10.3. The standard InChI is InChI=1S/C19H16N2O2/c1-2-11-22-17-9-7-15(8-10-17)18-12-19(23-21-18)16-5-3-14(13-20)4-6-16/h3-10,12H,2,11H2,1H3. The lowest BCUT2D eigenvalue weighted by molar-refractivity contribution is 0.317. The van der Waals surface area contributed by atoms with Crippen LogP contribution in [0.3, 0.4) is 0 Å². The number of aromatic nitrogens is 1. The van der Waals surface area contributed by atoms with Crippen molar-refractivity contribution in [2.24, 2.45) is 0 Å². The molecule has 114 valence electrons. The van der Waals surface area contributed by atoms with Crippen molar-refractivity contribution in [2.45, 2.75) is 13.3 Å². The summed E-state index contributed by atoms with van der Waals surface area (Å²) < 4.78 is 11.0. The highest BCUT2D eigenvalue weighted by molar-refractivity contribution is 5.67. The fraction of sp³-hybridized carbons (Fsp3) is 0.158. The molecule has 0 unspecified atom stereocenters. The second kappa shape index (κ2) is 6.80. The van der Waals surface area contributed by atoms with Gasteiger partial charge in [0.25, 0.3) is 0 Å². The highest BCUT2D eigenvalue weighted by Gasteiger charge is 2.09. The first-order valence-electron chi connectivity index (χ1n) is 7.50. The smallest absolute Gasteiger partial charge is 0.167 e. The van der Waals surface area contributed by atoms with Gasteiger partial charge in [-0.25, -0.2) is 0 Å². The van der Waals surface area contributed by atoms with Gasteiger partial charge in [0.15, 0.2) is 5.76 Å². The molecule has 0 aliphatic carbocycles. The van der Waals surface area contributed by atoms with Crippen molar-refractivity contribution in [1.29, 1.82) is 5.26 Å². The van der Waals surface area contributed by atoms with Crippen molar-refractivity contribution in [2.75, 3.05) is 6.61 Å². The van der Waals surface area contributed by atoms with E-state index in [-0.39, 0.29) is 0 Å². The molecule has 1 heterocycles. The first kappa shape index (κ1) is 14.9. The van der Waals surface area contributed by atoms with Gasteiger partial charge in [-0.1, -0.05) is 12.1 Å². The van der Waals surface area contributed by atoms with Gasteiger partial charge in [0.1, 0.15) is 11.4 Å². The predicted molar refractivity (Wildman–Crippen MR) is 87.9 cm³/mol. The van der Waals surface area contributed by atoms with E-state index in [0.29, 0.717) is 17.9 Å². The van der Waals surface area contributed by atoms with Gasteiger partial charge in [0.2, 0.25) is 0 Å². The van der Waals surface area contributed by atoms with E-state index in [9.17, 15) is 0 Å². The first-order valence-corrected chi connectivity index (χ1v) is 7.50. The second-order valence-corrected chi connectivity index (χ2v) is 5.14. The van der Waals surface area contributed by atoms with Crippen molar-refractivity contribution in [3.05, 3.63) is 60.2 Å². The number of rotatable bonds is 5. The quantitative estimate of drug-likeness (QED) is 0.687. The number of nitrogens with zero attached hydrogens (tertiary/aromatic N) is 2. The van der Waals surface area contributed by atoms with Gasteiger partial charge in [0, 0.05) is 17.2 Å². The van der Waals surface area contributed by atoms with E-state index in [2.05, 4.69) is 18.1 Å². The van der Waals surface area contributed by atoms with Gasteiger partial charge in [-0.2, -0.15) is 5.26 Å². The zero-order chi connectivity index (χ0) is 16.1. The summed E-state index contributed by atoms with van der Waals surface area (Å²) in [6.07, 6.45) is 0.985. The Hall–Kier alpha value is -3.06. The van der Waals surface area contributed by atoms with Crippen LogP contribution in [0.4, 0.5) is 0 Å². The van der Waals surface area contributed by atoms with Gasteiger partial charge in [-0.15, -0.1) is 0 Å². The number of hydrogen-bond acceptors (Lipinski definition) is 4. The van der Waals surface area contributed by atoms with Crippen LogP contribution in [0.5, 0.6) is 5.75 Å². The summed E-state index contributed by atoms with van der Waals surface area (Å²) >= 11 is 0. The fourth-order valence-electron chi connectivity index (χ4n) is 2.20. The molecule has 0 amide bonds. The minimum absolute atomic E-state index is 0.621. The van der Waals surface area contributed by atoms with Crippen molar-refractivity contribution >= 4 is 0 Å². The molecule has 0 saturated heterocycles. The van der Waals surface area contributed by atoms with Crippen LogP contribution in [0.15, 0.2) is 59.1 Å². The van der Waals surface area contributed by atoms with E-state index in [1.54, 1.807) is 12.1 Å². The Morgan fingerprint density at radius 3 is 2.39 bits per heavy atom. The van der Waals surface area contributed by atoms with Crippen LogP contribution in [-0.2, 0) is 0 Å². The minimum Gasteiger partial charge on any atom is -0.494 e. The number of hydrogen-bond donors (Lipinski definition) is 0. The monoisotopic (exact) mass is 304 g/mol. The summed E-state index contributed by atoms with van der Waals surface area (Å²) in [6.45, 7) is 2.79. The zero-order valence-corrected chi connectivity index (χ0v) is 12.8. The average molecular weight is 304 g/mol. The van der Waals surface area contributed by atoms with Gasteiger partial charge >= 0.3 is 0 Å². The molecule has 0 aliphatic rings. The Kier molecular flexibility index (Phi) is 4.39. The molecule has 0 N–H and O–H groups in total. The zero-order valence-electron chi connectivity index (χ0n) is 12.8. The number of nitriles is 1. The lowest BCUT2D eigenvalue weighted by Gasteiger charge is -2.04. The van der Waals surface area contributed by atoms with E-state index < -0.39 is 0 Å². The molecule has 0 radical (unpaired) electrons. The molecular formula is C19H16N2O2. The Balaban J connectivity index is 1.79. The fourth-order valence-corrected chi connectivity index (χ4v) is 2.20. The molecule has 4 nitrogen and oxygen atoms in total. The maximum Gasteiger partial charge on any atom is 0.167 e. The molecule has 0 atom stereocenters. The van der Waals surface area contributed by atoms with Crippen LogP contribution in [-0.4, -0.2) is 11.8 Å². The molecule has 0 saturated carbocycles. The molecule has 0 bridgehead atoms. The molecule has 23 heavy (non-hydrogen) atoms. The summed E-state index contributed by atoms with van der Waals surface area (Å²) in [5.41, 5.74) is 3.26. The molecule has 3 rings (SSSR count). The second-order valence-electron chi connectivity index (χ2n) is 5.14. The predicted octanol–water partition coefficient (Wildman–Crippen LogP) is 4.67. The SMILES string of the molecule is CCCOc1ccc(-c2cc(-c3ccc(C#N)cc3)on2)cc1. The maximum absolute atomic E-state index is 8.83. The van der Waals surface area contributed by atoms with Crippen LogP contribution >= 0.6 is 0 Å². The first-order chi connectivity index (χ1) is 11.3. The molecule has 0 aliphatic heterocycles. The molecule has 0 spiro atoms. The van der Waals surface area contributed by atoms with E-state index in [1.807, 2.05) is 42.5 Å². The summed E-state index contributed by atoms with van der Waals surface area (Å²) in [7, 11) is 0. The van der Waals surface area contributed by atoms with Crippen molar-refractivity contribution < 1.29 is 9.26 Å². The minimum atomic E-state index is 0.621. The van der Waals surface area contributed by atoms with Crippen LogP contribution in [0.1, 0.15) is 18.9 Å².